The highest BCUT2D eigenvalue weighted by molar-refractivity contribution is 7.94. The zero-order valence-corrected chi connectivity index (χ0v) is 35.4. The van der Waals surface area contributed by atoms with Crippen LogP contribution in [0.15, 0.2) is 72.8 Å². The fraction of sp³-hybridized carbons (Fsp3) is 0.268. The fourth-order valence-corrected chi connectivity index (χ4v) is 7.97. The van der Waals surface area contributed by atoms with Crippen LogP contribution in [0.2, 0.25) is 0 Å². The van der Waals surface area contributed by atoms with Crippen molar-refractivity contribution >= 4 is 38.9 Å². The number of halogens is 29. The summed E-state index contributed by atoms with van der Waals surface area (Å²) in [6.07, 6.45) is -51.5. The van der Waals surface area contributed by atoms with Gasteiger partial charge in [-0.15, -0.1) is 0 Å². The van der Waals surface area contributed by atoms with E-state index in [0.29, 0.717) is 0 Å². The topological polar surface area (TPSA) is 0 Å². The Labute approximate surface area is 385 Å². The molecule has 0 aliphatic rings. The first-order chi connectivity index (χ1) is 32.1. The number of hydrogen-bond donors (Lipinski definition) is 0. The number of benzene rings is 5. The van der Waals surface area contributed by atoms with Crippen LogP contribution >= 0.6 is 0 Å². The molecule has 0 unspecified atom stereocenters. The maximum absolute atomic E-state index is 14.2. The molecule has 0 fully saturated rings. The van der Waals surface area contributed by atoms with Gasteiger partial charge in [-0.2, -0.15) is 127 Å². The van der Waals surface area contributed by atoms with Gasteiger partial charge in [-0.3, -0.25) is 0 Å². The van der Waals surface area contributed by atoms with Gasteiger partial charge in [0.25, 0.3) is 0 Å². The standard InChI is InChI=1S/C32H12BF24.C9H8F5S/c34-25(35,36)13-1-14(26(37,38)39)6-21(5-13)33(22-7-15(27(40,41)42)2-16(8-22)28(43,44)45,23-9-17(29(46,47)48)3-18(10-23)30(49,50)51)24-11-19(31(52,53)54)4-20(12-24)32(55,56)57;1-15(2)3-4-5(10)7(12)9(14)8(13)6(4)11/h1-12H;3H2,1-2H3/q-1;+1. The molecule has 0 N–H and O–H groups in total. The summed E-state index contributed by atoms with van der Waals surface area (Å²) in [7, 11) is -0.446. The van der Waals surface area contributed by atoms with E-state index in [1.807, 2.05) is 0 Å². The van der Waals surface area contributed by atoms with Gasteiger partial charge in [-0.05, 0) is 35.2 Å². The molecule has 0 nitrogen and oxygen atoms in total. The summed E-state index contributed by atoms with van der Waals surface area (Å²) in [6, 6.07) is -8.81. The summed E-state index contributed by atoms with van der Waals surface area (Å²) in [5, 5.41) is 0. The Morgan fingerprint density at radius 1 is 0.278 bits per heavy atom. The second kappa shape index (κ2) is 19.4. The zero-order valence-electron chi connectivity index (χ0n) is 34.6. The van der Waals surface area contributed by atoms with E-state index < -0.39 is 240 Å². The zero-order chi connectivity index (χ0) is 55.7. The normalized spacial score (nSPS) is 13.7. The van der Waals surface area contributed by atoms with Gasteiger partial charge in [0.1, 0.15) is 11.9 Å². The average Bonchev–Trinajstić information content (AvgIpc) is 3.21. The van der Waals surface area contributed by atoms with Crippen LogP contribution in [-0.4, -0.2) is 18.7 Å². The molecule has 5 rings (SSSR count). The highest BCUT2D eigenvalue weighted by Gasteiger charge is 2.47. The second-order valence-corrected chi connectivity index (χ2v) is 17.7. The van der Waals surface area contributed by atoms with Gasteiger partial charge in [-0.25, -0.2) is 22.0 Å². The highest BCUT2D eigenvalue weighted by Crippen LogP contribution is 2.41. The van der Waals surface area contributed by atoms with Crippen molar-refractivity contribution in [3.05, 3.63) is 152 Å². The van der Waals surface area contributed by atoms with Gasteiger partial charge in [-0.1, -0.05) is 48.5 Å². The van der Waals surface area contributed by atoms with Crippen LogP contribution in [0.25, 0.3) is 0 Å². The van der Waals surface area contributed by atoms with Crippen molar-refractivity contribution < 1.29 is 127 Å². The molecule has 0 saturated heterocycles. The first-order valence-electron chi connectivity index (χ1n) is 18.5. The van der Waals surface area contributed by atoms with Crippen LogP contribution in [0, 0.1) is 29.1 Å². The van der Waals surface area contributed by atoms with E-state index in [-0.39, 0.29) is 5.75 Å². The van der Waals surface area contributed by atoms with Crippen LogP contribution in [0.3, 0.4) is 0 Å². The molecule has 0 saturated carbocycles. The Morgan fingerprint density at radius 2 is 0.431 bits per heavy atom. The Hall–Kier alpha value is -5.52. The lowest BCUT2D eigenvalue weighted by molar-refractivity contribution is -0.144. The molecule has 0 aliphatic heterocycles. The minimum absolute atomic E-state index is 0.161. The molecule has 0 radical (unpaired) electrons. The lowest BCUT2D eigenvalue weighted by Gasteiger charge is -2.46. The molecule has 0 amide bonds. The maximum Gasteiger partial charge on any atom is 0.416 e. The maximum atomic E-state index is 14.2. The molecule has 5 aromatic rings. The quantitative estimate of drug-likeness (QED) is 0.0523. The minimum atomic E-state index is -6.13. The van der Waals surface area contributed by atoms with Gasteiger partial charge in [0.2, 0.25) is 5.82 Å². The van der Waals surface area contributed by atoms with Crippen molar-refractivity contribution in [2.75, 3.05) is 12.5 Å². The third-order valence-electron chi connectivity index (χ3n) is 10.2. The molecular weight excluding hydrogens is 1090 g/mol. The summed E-state index contributed by atoms with van der Waals surface area (Å²) in [5.74, 6) is -9.49. The lowest BCUT2D eigenvalue weighted by atomic mass is 9.12. The Balaban J connectivity index is 0.000000639. The summed E-state index contributed by atoms with van der Waals surface area (Å²) in [6.45, 7) is 0. The number of alkyl halides is 24. The van der Waals surface area contributed by atoms with E-state index in [1.54, 1.807) is 12.5 Å². The monoisotopic (exact) mass is 1110 g/mol. The first kappa shape index (κ1) is 59.1. The van der Waals surface area contributed by atoms with Crippen molar-refractivity contribution in [2.24, 2.45) is 0 Å². The molecule has 5 aromatic carbocycles. The Kier molecular flexibility index (Phi) is 15.9. The van der Waals surface area contributed by atoms with Crippen molar-refractivity contribution in [3.8, 4) is 0 Å². The van der Waals surface area contributed by atoms with Crippen molar-refractivity contribution in [1.82, 2.24) is 0 Å². The second-order valence-electron chi connectivity index (χ2n) is 15.4. The predicted octanol–water partition coefficient (Wildman–Crippen LogP) is 14.0. The van der Waals surface area contributed by atoms with Crippen LogP contribution in [-0.2, 0) is 66.1 Å². The van der Waals surface area contributed by atoms with Crippen LogP contribution in [0.1, 0.15) is 50.1 Å². The van der Waals surface area contributed by atoms with Gasteiger partial charge in [0.05, 0.1) is 62.6 Å². The van der Waals surface area contributed by atoms with E-state index in [2.05, 4.69) is 0 Å². The van der Waals surface area contributed by atoms with Gasteiger partial charge < -0.3 is 0 Å². The minimum Gasteiger partial charge on any atom is -0.203 e. The first-order valence-corrected chi connectivity index (χ1v) is 20.7. The van der Waals surface area contributed by atoms with Gasteiger partial charge >= 0.3 is 49.4 Å². The van der Waals surface area contributed by atoms with E-state index in [1.165, 1.54) is 0 Å². The summed E-state index contributed by atoms with van der Waals surface area (Å²) in [5.41, 5.74) is -30.9. The molecule has 31 heteroatoms. The van der Waals surface area contributed by atoms with E-state index in [9.17, 15) is 127 Å². The number of rotatable bonds is 6. The van der Waals surface area contributed by atoms with Crippen LogP contribution in [0.5, 0.6) is 0 Å². The molecule has 0 spiro atoms. The van der Waals surface area contributed by atoms with E-state index in [0.717, 1.165) is 0 Å². The molecule has 0 aliphatic carbocycles. The van der Waals surface area contributed by atoms with E-state index in [4.69, 9.17) is 0 Å². The van der Waals surface area contributed by atoms with Gasteiger partial charge in [0.15, 0.2) is 23.3 Å². The molecule has 0 atom stereocenters. The SMILES string of the molecule is C[S+](C)Cc1c(F)c(F)c(F)c(F)c1F.FC(F)(F)c1cc([B-](c2cc(C(F)(F)F)cc(C(F)(F)F)c2)(c2cc(C(F)(F)F)cc(C(F)(F)F)c2)c2cc(C(F)(F)F)cc(C(F)(F)F)c2)cc(C(F)(F)F)c1. The fourth-order valence-electron chi connectivity index (χ4n) is 7.14. The molecule has 0 bridgehead atoms. The molecule has 0 heterocycles. The van der Waals surface area contributed by atoms with E-state index >= 15 is 0 Å². The molecule has 72 heavy (non-hydrogen) atoms. The third-order valence-corrected chi connectivity index (χ3v) is 11.0. The number of hydrogen-bond acceptors (Lipinski definition) is 0. The van der Waals surface area contributed by atoms with Crippen molar-refractivity contribution in [3.63, 3.8) is 0 Å². The van der Waals surface area contributed by atoms with Crippen LogP contribution in [0.4, 0.5) is 127 Å². The summed E-state index contributed by atoms with van der Waals surface area (Å²) in [4.78, 5) is 0. The van der Waals surface area contributed by atoms with Crippen molar-refractivity contribution in [1.29, 1.82) is 0 Å². The van der Waals surface area contributed by atoms with Crippen molar-refractivity contribution in [2.45, 2.75) is 55.2 Å². The third kappa shape index (κ3) is 12.8. The summed E-state index contributed by atoms with van der Waals surface area (Å²) >= 11 is 0. The predicted molar refractivity (Wildman–Crippen MR) is 199 cm³/mol. The van der Waals surface area contributed by atoms with Gasteiger partial charge in [0, 0.05) is 0 Å². The lowest BCUT2D eigenvalue weighted by Crippen LogP contribution is -2.75. The highest BCUT2D eigenvalue weighted by atomic mass is 32.2. The average molecular weight is 1110 g/mol. The molecule has 0 aromatic heterocycles. The Morgan fingerprint density at radius 3 is 0.569 bits per heavy atom. The van der Waals surface area contributed by atoms with Crippen LogP contribution < -0.4 is 21.9 Å². The Bertz CT molecular complexity index is 2330. The largest absolute Gasteiger partial charge is 0.416 e. The summed E-state index contributed by atoms with van der Waals surface area (Å²) < 4.78 is 405. The smallest absolute Gasteiger partial charge is 0.203 e. The molecule has 396 valence electrons. The molecular formula is C41H20BF29S.